The van der Waals surface area contributed by atoms with Crippen LogP contribution >= 0.6 is 11.6 Å². The summed E-state index contributed by atoms with van der Waals surface area (Å²) in [6, 6.07) is 6.60. The van der Waals surface area contributed by atoms with E-state index in [0.29, 0.717) is 23.7 Å². The lowest BCUT2D eigenvalue weighted by Gasteiger charge is -2.27. The maximum Gasteiger partial charge on any atom is 0.320 e. The van der Waals surface area contributed by atoms with Gasteiger partial charge in [0.05, 0.1) is 17.3 Å². The maximum atomic E-state index is 14.3. The Hall–Kier alpha value is -3.20. The van der Waals surface area contributed by atoms with Gasteiger partial charge in [0.25, 0.3) is 0 Å². The molecule has 0 radical (unpaired) electrons. The first-order valence-corrected chi connectivity index (χ1v) is 9.36. The average molecular weight is 420 g/mol. The van der Waals surface area contributed by atoms with Crippen LogP contribution in [0.15, 0.2) is 36.5 Å². The second-order valence-corrected chi connectivity index (χ2v) is 6.82. The van der Waals surface area contributed by atoms with E-state index in [2.05, 4.69) is 20.9 Å². The van der Waals surface area contributed by atoms with Crippen LogP contribution in [0.3, 0.4) is 0 Å². The molecule has 1 aromatic carbocycles. The predicted molar refractivity (Wildman–Crippen MR) is 108 cm³/mol. The number of nitrogens with zero attached hydrogens (tertiary/aromatic N) is 2. The zero-order chi connectivity index (χ0) is 20.8. The zero-order valence-electron chi connectivity index (χ0n) is 15.4. The van der Waals surface area contributed by atoms with Gasteiger partial charge in [-0.15, -0.1) is 0 Å². The van der Waals surface area contributed by atoms with E-state index in [1.807, 2.05) is 0 Å². The minimum atomic E-state index is -0.663. The second-order valence-electron chi connectivity index (χ2n) is 6.38. The van der Waals surface area contributed by atoms with E-state index in [1.54, 1.807) is 12.1 Å². The molecule has 2 aromatic rings. The summed E-state index contributed by atoms with van der Waals surface area (Å²) in [5.74, 6) is -1.05. The lowest BCUT2D eigenvalue weighted by atomic mass is 10.1. The van der Waals surface area contributed by atoms with Crippen LogP contribution in [0, 0.1) is 5.82 Å². The first-order valence-electron chi connectivity index (χ1n) is 8.98. The third-order valence-corrected chi connectivity index (χ3v) is 4.46. The monoisotopic (exact) mass is 419 g/mol. The van der Waals surface area contributed by atoms with Crippen LogP contribution in [0.2, 0.25) is 5.02 Å². The molecule has 1 fully saturated rings. The number of benzene rings is 1. The molecule has 1 saturated heterocycles. The van der Waals surface area contributed by atoms with Crippen molar-refractivity contribution in [1.82, 2.24) is 10.3 Å². The van der Waals surface area contributed by atoms with Gasteiger partial charge in [-0.3, -0.25) is 14.9 Å². The van der Waals surface area contributed by atoms with Crippen molar-refractivity contribution in [3.63, 3.8) is 0 Å². The summed E-state index contributed by atoms with van der Waals surface area (Å²) in [6.07, 6.45) is 3.51. The van der Waals surface area contributed by atoms with Crippen molar-refractivity contribution in [3.8, 4) is 0 Å². The van der Waals surface area contributed by atoms with Crippen LogP contribution in [0.5, 0.6) is 0 Å². The highest BCUT2D eigenvalue weighted by atomic mass is 35.5. The molecule has 3 N–H and O–H groups in total. The van der Waals surface area contributed by atoms with E-state index < -0.39 is 17.8 Å². The molecule has 152 valence electrons. The number of pyridine rings is 1. The molecule has 4 amide bonds. The number of aromatic nitrogens is 1. The number of amides is 4. The lowest BCUT2D eigenvalue weighted by Crippen LogP contribution is -2.36. The van der Waals surface area contributed by atoms with Gasteiger partial charge in [0, 0.05) is 24.8 Å². The number of halogens is 2. The van der Waals surface area contributed by atoms with E-state index in [9.17, 15) is 18.8 Å². The van der Waals surface area contributed by atoms with Crippen molar-refractivity contribution in [1.29, 1.82) is 0 Å². The highest BCUT2D eigenvalue weighted by Gasteiger charge is 2.20. The fraction of sp³-hybridized carbons (Fsp3) is 0.263. The van der Waals surface area contributed by atoms with Crippen LogP contribution in [-0.2, 0) is 9.59 Å². The molecule has 1 aliphatic heterocycles. The lowest BCUT2D eigenvalue weighted by molar-refractivity contribution is -0.119. The van der Waals surface area contributed by atoms with Crippen molar-refractivity contribution in [2.24, 2.45) is 0 Å². The van der Waals surface area contributed by atoms with Crippen molar-refractivity contribution < 1.29 is 18.8 Å². The molecule has 0 spiro atoms. The van der Waals surface area contributed by atoms with E-state index in [-0.39, 0.29) is 24.0 Å². The van der Waals surface area contributed by atoms with E-state index >= 15 is 0 Å². The summed E-state index contributed by atoms with van der Waals surface area (Å²) in [6.45, 7) is 0.177. The van der Waals surface area contributed by atoms with Crippen molar-refractivity contribution in [2.75, 3.05) is 28.6 Å². The predicted octanol–water partition coefficient (Wildman–Crippen LogP) is 3.15. The minimum Gasteiger partial charge on any atom is -0.329 e. The first-order chi connectivity index (χ1) is 13.9. The molecule has 0 aliphatic carbocycles. The molecule has 29 heavy (non-hydrogen) atoms. The van der Waals surface area contributed by atoms with Crippen LogP contribution < -0.4 is 20.9 Å². The van der Waals surface area contributed by atoms with Gasteiger partial charge in [0.15, 0.2) is 0 Å². The van der Waals surface area contributed by atoms with Crippen LogP contribution in [0.25, 0.3) is 0 Å². The van der Waals surface area contributed by atoms with Crippen molar-refractivity contribution in [2.45, 2.75) is 19.3 Å². The number of hydrogen-bond acceptors (Lipinski definition) is 4. The van der Waals surface area contributed by atoms with Gasteiger partial charge >= 0.3 is 6.03 Å². The summed E-state index contributed by atoms with van der Waals surface area (Å²) in [7, 11) is 0. The van der Waals surface area contributed by atoms with Gasteiger partial charge in [-0.25, -0.2) is 14.2 Å². The molecule has 0 atom stereocenters. The number of hydrogen-bond donors (Lipinski definition) is 3. The van der Waals surface area contributed by atoms with Crippen LogP contribution in [0.1, 0.15) is 19.3 Å². The number of carbonyl (C=O) groups excluding carboxylic acids is 3. The largest absolute Gasteiger partial charge is 0.329 e. The fourth-order valence-corrected chi connectivity index (χ4v) is 2.93. The third kappa shape index (κ3) is 5.64. The van der Waals surface area contributed by atoms with E-state index in [0.717, 1.165) is 12.8 Å². The molecule has 1 aromatic heterocycles. The Bertz CT molecular complexity index is 923. The van der Waals surface area contributed by atoms with E-state index in [4.69, 9.17) is 11.6 Å². The molecule has 8 nitrogen and oxygen atoms in total. The number of nitrogens with one attached hydrogen (secondary N) is 3. The Morgan fingerprint density at radius 1 is 1.17 bits per heavy atom. The van der Waals surface area contributed by atoms with Gasteiger partial charge in [0.1, 0.15) is 11.6 Å². The molecule has 0 unspecified atom stereocenters. The minimum absolute atomic E-state index is 0.0372. The SMILES string of the molecule is O=C(CNC(=O)Nc1ccc(Cl)cn1)Nc1ccc(N2CCCCC2=O)cc1F. The van der Waals surface area contributed by atoms with E-state index in [1.165, 1.54) is 29.3 Å². The highest BCUT2D eigenvalue weighted by Crippen LogP contribution is 2.25. The number of urea groups is 1. The third-order valence-electron chi connectivity index (χ3n) is 4.24. The number of piperidine rings is 1. The Kier molecular flexibility index (Phi) is 6.61. The summed E-state index contributed by atoms with van der Waals surface area (Å²) in [5, 5.41) is 7.59. The molecular weight excluding hydrogens is 401 g/mol. The molecule has 0 bridgehead atoms. The normalized spacial score (nSPS) is 13.7. The van der Waals surface area contributed by atoms with Gasteiger partial charge in [0.2, 0.25) is 11.8 Å². The van der Waals surface area contributed by atoms with Gasteiger partial charge < -0.3 is 15.5 Å². The molecule has 1 aliphatic rings. The highest BCUT2D eigenvalue weighted by molar-refractivity contribution is 6.30. The van der Waals surface area contributed by atoms with Crippen LogP contribution in [0.4, 0.5) is 26.4 Å². The molecule has 10 heteroatoms. The Labute approximate surface area is 171 Å². The summed E-state index contributed by atoms with van der Waals surface area (Å²) in [4.78, 5) is 41.1. The maximum absolute atomic E-state index is 14.3. The van der Waals surface area contributed by atoms with Gasteiger partial charge in [-0.05, 0) is 43.2 Å². The number of anilines is 3. The Morgan fingerprint density at radius 3 is 2.69 bits per heavy atom. The molecule has 0 saturated carbocycles. The molecular formula is C19H19ClFN5O3. The smallest absolute Gasteiger partial charge is 0.320 e. The summed E-state index contributed by atoms with van der Waals surface area (Å²) < 4.78 is 14.3. The Balaban J connectivity index is 1.51. The summed E-state index contributed by atoms with van der Waals surface area (Å²) in [5.41, 5.74) is 0.419. The topological polar surface area (TPSA) is 103 Å². The quantitative estimate of drug-likeness (QED) is 0.692. The summed E-state index contributed by atoms with van der Waals surface area (Å²) >= 11 is 5.71. The second kappa shape index (κ2) is 9.33. The fourth-order valence-electron chi connectivity index (χ4n) is 2.82. The number of carbonyl (C=O) groups is 3. The van der Waals surface area contributed by atoms with Gasteiger partial charge in [-0.1, -0.05) is 11.6 Å². The van der Waals surface area contributed by atoms with Crippen molar-refractivity contribution >= 4 is 46.6 Å². The average Bonchev–Trinajstić information content (AvgIpc) is 2.70. The standard InChI is InChI=1S/C19H19ClFN5O3/c20-12-4-7-16(22-10-12)25-19(29)23-11-17(27)24-15-6-5-13(9-14(15)21)26-8-2-1-3-18(26)28/h4-7,9-10H,1-3,8,11H2,(H,24,27)(H2,22,23,25,29). The zero-order valence-corrected chi connectivity index (χ0v) is 16.1. The van der Waals surface area contributed by atoms with Gasteiger partial charge in [-0.2, -0.15) is 0 Å². The Morgan fingerprint density at radius 2 is 2.00 bits per heavy atom. The first kappa shape index (κ1) is 20.5. The van der Waals surface area contributed by atoms with Crippen molar-refractivity contribution in [3.05, 3.63) is 47.4 Å². The number of rotatable bonds is 5. The van der Waals surface area contributed by atoms with Crippen LogP contribution in [-0.4, -0.2) is 35.9 Å². The molecule has 3 rings (SSSR count). The molecule has 2 heterocycles.